The number of alkyl halides is 7. The monoisotopic (exact) mass is 536 g/mol. The fraction of sp³-hybridized carbons (Fsp3) is 0.667. The molecule has 1 atom stereocenters. The van der Waals surface area contributed by atoms with Gasteiger partial charge in [-0.25, -0.2) is 26.1 Å². The smallest absolute Gasteiger partial charge is 0.420 e. The standard InChI is InChI=1S/C17H19F5N2O4S.C4H8F2/c1-23-3-4-24(10-8-16(18,19)9-10)12-6-11(17(20,21)22)13(7-14(12)29(23)27)28-5-2-15(25)26;1-3-4(2,5)6/h6-7,10H,2-5,8-9H2,1H3,(H,25,26);3H2,1-2H3. The van der Waals surface area contributed by atoms with Gasteiger partial charge in [0.25, 0.3) is 5.92 Å². The Morgan fingerprint density at radius 2 is 1.77 bits per heavy atom. The summed E-state index contributed by atoms with van der Waals surface area (Å²) in [6.07, 6.45) is -6.38. The highest BCUT2D eigenvalue weighted by molar-refractivity contribution is 7.82. The van der Waals surface area contributed by atoms with E-state index >= 15 is 0 Å². The van der Waals surface area contributed by atoms with Gasteiger partial charge in [0.1, 0.15) is 16.7 Å². The zero-order valence-electron chi connectivity index (χ0n) is 19.3. The number of ether oxygens (including phenoxy) is 1. The summed E-state index contributed by atoms with van der Waals surface area (Å²) in [7, 11) is -0.315. The van der Waals surface area contributed by atoms with Crippen LogP contribution in [0.3, 0.4) is 0 Å². The van der Waals surface area contributed by atoms with Gasteiger partial charge < -0.3 is 14.7 Å². The van der Waals surface area contributed by atoms with Crippen molar-refractivity contribution in [3.05, 3.63) is 17.7 Å². The fourth-order valence-electron chi connectivity index (χ4n) is 3.35. The molecule has 0 radical (unpaired) electrons. The number of benzene rings is 1. The second-order valence-corrected chi connectivity index (χ2v) is 10.0. The first kappa shape index (κ1) is 29.1. The van der Waals surface area contributed by atoms with E-state index in [0.29, 0.717) is 0 Å². The molecule has 6 nitrogen and oxygen atoms in total. The molecule has 2 aliphatic rings. The van der Waals surface area contributed by atoms with E-state index in [2.05, 4.69) is 0 Å². The van der Waals surface area contributed by atoms with Crippen LogP contribution in [-0.2, 0) is 22.0 Å². The van der Waals surface area contributed by atoms with E-state index in [-0.39, 0.29) is 30.1 Å². The Hall–Kier alpha value is -2.09. The Labute approximate surface area is 200 Å². The minimum absolute atomic E-state index is 0.0125. The highest BCUT2D eigenvalue weighted by Crippen LogP contribution is 2.47. The molecule has 1 aromatic carbocycles. The zero-order valence-corrected chi connectivity index (χ0v) is 20.1. The molecule has 1 aliphatic heterocycles. The molecule has 0 aromatic heterocycles. The minimum atomic E-state index is -4.83. The number of likely N-dealkylation sites (N-methyl/N-ethyl adjacent to an activating group) is 1. The molecule has 3 rings (SSSR count). The first-order valence-corrected chi connectivity index (χ1v) is 11.8. The third-order valence-corrected chi connectivity index (χ3v) is 6.96. The van der Waals surface area contributed by atoms with Crippen LogP contribution in [0.2, 0.25) is 0 Å². The van der Waals surface area contributed by atoms with Gasteiger partial charge in [-0.3, -0.25) is 4.79 Å². The summed E-state index contributed by atoms with van der Waals surface area (Å²) < 4.78 is 110. The van der Waals surface area contributed by atoms with Crippen LogP contribution < -0.4 is 9.64 Å². The second-order valence-electron chi connectivity index (χ2n) is 8.44. The third kappa shape index (κ3) is 7.95. The maximum atomic E-state index is 13.6. The van der Waals surface area contributed by atoms with Crippen LogP contribution >= 0.6 is 0 Å². The normalized spacial score (nSPS) is 20.7. The van der Waals surface area contributed by atoms with E-state index in [0.717, 1.165) is 19.1 Å². The molecule has 35 heavy (non-hydrogen) atoms. The number of rotatable bonds is 6. The molecule has 14 heteroatoms. The van der Waals surface area contributed by atoms with E-state index in [1.54, 1.807) is 0 Å². The summed E-state index contributed by atoms with van der Waals surface area (Å²) in [5.74, 6) is -7.21. The summed E-state index contributed by atoms with van der Waals surface area (Å²) in [5, 5.41) is 8.67. The van der Waals surface area contributed by atoms with Crippen molar-refractivity contribution in [2.45, 2.75) is 68.5 Å². The lowest BCUT2D eigenvalue weighted by atomic mass is 9.86. The summed E-state index contributed by atoms with van der Waals surface area (Å²) in [4.78, 5) is 12.1. The van der Waals surface area contributed by atoms with Crippen LogP contribution in [0.4, 0.5) is 36.4 Å². The molecule has 200 valence electrons. The van der Waals surface area contributed by atoms with Gasteiger partial charge in [0.05, 0.1) is 29.2 Å². The lowest BCUT2D eigenvalue weighted by Gasteiger charge is -2.43. The van der Waals surface area contributed by atoms with Crippen molar-refractivity contribution in [1.29, 1.82) is 0 Å². The first-order chi connectivity index (χ1) is 15.9. The van der Waals surface area contributed by atoms with E-state index in [4.69, 9.17) is 9.84 Å². The van der Waals surface area contributed by atoms with Gasteiger partial charge in [0.15, 0.2) is 0 Å². The number of halogens is 7. The largest absolute Gasteiger partial charge is 0.492 e. The van der Waals surface area contributed by atoms with Crippen LogP contribution in [0.25, 0.3) is 0 Å². The molecule has 0 amide bonds. The van der Waals surface area contributed by atoms with Crippen molar-refractivity contribution in [1.82, 2.24) is 4.31 Å². The lowest BCUT2D eigenvalue weighted by molar-refractivity contribution is -0.139. The summed E-state index contributed by atoms with van der Waals surface area (Å²) >= 11 is 0. The van der Waals surface area contributed by atoms with Gasteiger partial charge in [0, 0.05) is 51.5 Å². The Kier molecular flexibility index (Phi) is 9.07. The molecular weight excluding hydrogens is 509 g/mol. The fourth-order valence-corrected chi connectivity index (χ4v) is 4.50. The number of hydrogen-bond acceptors (Lipinski definition) is 4. The average molecular weight is 537 g/mol. The molecule has 0 spiro atoms. The first-order valence-electron chi connectivity index (χ1n) is 10.7. The van der Waals surface area contributed by atoms with Gasteiger partial charge in [-0.1, -0.05) is 6.92 Å². The molecular formula is C21H27F7N2O4S. The van der Waals surface area contributed by atoms with Crippen LogP contribution in [0.5, 0.6) is 5.75 Å². The van der Waals surface area contributed by atoms with Crippen molar-refractivity contribution in [2.75, 3.05) is 31.6 Å². The Bertz CT molecular complexity index is 929. The summed E-state index contributed by atoms with van der Waals surface area (Å²) in [5.41, 5.74) is -1.19. The predicted molar refractivity (Wildman–Crippen MR) is 114 cm³/mol. The van der Waals surface area contributed by atoms with Crippen molar-refractivity contribution in [3.8, 4) is 5.75 Å². The molecule has 1 aromatic rings. The number of carboxylic acids is 1. The topological polar surface area (TPSA) is 70.1 Å². The Morgan fingerprint density at radius 1 is 1.20 bits per heavy atom. The molecule has 1 fully saturated rings. The van der Waals surface area contributed by atoms with Crippen molar-refractivity contribution in [3.63, 3.8) is 0 Å². The molecule has 0 saturated heterocycles. The average Bonchev–Trinajstić information content (AvgIpc) is 2.81. The number of hydrogen-bond donors (Lipinski definition) is 1. The van der Waals surface area contributed by atoms with Crippen LogP contribution in [0.15, 0.2) is 17.0 Å². The lowest BCUT2D eigenvalue weighted by Crippen LogP contribution is -2.52. The van der Waals surface area contributed by atoms with Crippen LogP contribution in [-0.4, -0.2) is 64.2 Å². The van der Waals surface area contributed by atoms with Crippen LogP contribution in [0, 0.1) is 0 Å². The van der Waals surface area contributed by atoms with E-state index in [9.17, 15) is 39.7 Å². The number of anilines is 1. The maximum absolute atomic E-state index is 13.6. The van der Waals surface area contributed by atoms with Gasteiger partial charge in [-0.15, -0.1) is 0 Å². The van der Waals surface area contributed by atoms with Gasteiger partial charge in [0.2, 0.25) is 5.92 Å². The molecule has 1 heterocycles. The van der Waals surface area contributed by atoms with Gasteiger partial charge in [-0.2, -0.15) is 13.2 Å². The molecule has 1 aliphatic carbocycles. The zero-order chi connectivity index (χ0) is 26.8. The molecule has 1 unspecified atom stereocenters. The van der Waals surface area contributed by atoms with Crippen molar-refractivity contribution < 1.29 is 49.6 Å². The maximum Gasteiger partial charge on any atom is 0.420 e. The highest BCUT2D eigenvalue weighted by Gasteiger charge is 2.49. The minimum Gasteiger partial charge on any atom is -0.492 e. The van der Waals surface area contributed by atoms with E-state index in [1.807, 2.05) is 0 Å². The van der Waals surface area contributed by atoms with Crippen molar-refractivity contribution >= 4 is 22.6 Å². The summed E-state index contributed by atoms with van der Waals surface area (Å²) in [6, 6.07) is 1.08. The number of carbonyl (C=O) groups is 1. The Morgan fingerprint density at radius 3 is 2.23 bits per heavy atom. The van der Waals surface area contributed by atoms with Crippen LogP contribution in [0.1, 0.15) is 45.1 Å². The number of nitrogens with zero attached hydrogens (tertiary/aromatic N) is 2. The summed E-state index contributed by atoms with van der Waals surface area (Å²) in [6.45, 7) is 2.22. The predicted octanol–water partition coefficient (Wildman–Crippen LogP) is 5.18. The number of fused-ring (bicyclic) bond motifs is 1. The third-order valence-electron chi connectivity index (χ3n) is 5.51. The molecule has 1 N–H and O–H groups in total. The van der Waals surface area contributed by atoms with Gasteiger partial charge >= 0.3 is 12.1 Å². The van der Waals surface area contributed by atoms with Crippen molar-refractivity contribution in [2.24, 2.45) is 0 Å². The number of carboxylic acid groups (broad SMARTS) is 1. The van der Waals surface area contributed by atoms with E-state index < -0.39 is 78.2 Å². The number of aliphatic carboxylic acids is 1. The highest BCUT2D eigenvalue weighted by atomic mass is 32.2. The quantitative estimate of drug-likeness (QED) is 0.508. The molecule has 0 bridgehead atoms. The van der Waals surface area contributed by atoms with Gasteiger partial charge in [-0.05, 0) is 13.0 Å². The second kappa shape index (κ2) is 10.9. The Balaban J connectivity index is 0.000000641. The van der Waals surface area contributed by atoms with E-state index in [1.165, 1.54) is 23.2 Å². The molecule has 1 saturated carbocycles. The SMILES string of the molecule is CCC(C)(F)F.CN1CCN(C2CC(F)(F)C2)c2cc(C(F)(F)F)c(OCCC(=O)O)cc2S1=O.